The standard InChI is InChI=1S/C16H24N2O4/c1-16(2,3)22-15(19)18-10-14(11-18)21-13-6-4-12(5-7-13)20-9-8-17/h4-7,14H,8-11,17H2,1-3H3. The number of nitrogens with two attached hydrogens (primary N) is 1. The van der Waals surface area contributed by atoms with Crippen LogP contribution in [0, 0.1) is 0 Å². The Labute approximate surface area is 131 Å². The van der Waals surface area contributed by atoms with Crippen molar-refractivity contribution in [2.45, 2.75) is 32.5 Å². The van der Waals surface area contributed by atoms with Crippen molar-refractivity contribution in [3.05, 3.63) is 24.3 Å². The van der Waals surface area contributed by atoms with Crippen LogP contribution in [0.5, 0.6) is 11.5 Å². The summed E-state index contributed by atoms with van der Waals surface area (Å²) in [5.41, 5.74) is 4.91. The van der Waals surface area contributed by atoms with Crippen molar-refractivity contribution in [1.82, 2.24) is 4.90 Å². The molecule has 1 saturated heterocycles. The molecule has 0 bridgehead atoms. The second-order valence-corrected chi connectivity index (χ2v) is 6.23. The van der Waals surface area contributed by atoms with Crippen LogP contribution in [0.1, 0.15) is 20.8 Å². The van der Waals surface area contributed by atoms with Crippen LogP contribution in [0.2, 0.25) is 0 Å². The number of rotatable bonds is 5. The maximum absolute atomic E-state index is 11.8. The van der Waals surface area contributed by atoms with E-state index in [0.717, 1.165) is 11.5 Å². The summed E-state index contributed by atoms with van der Waals surface area (Å²) < 4.78 is 16.5. The first-order valence-corrected chi connectivity index (χ1v) is 7.45. The number of carbonyl (C=O) groups excluding carboxylic acids is 1. The molecule has 0 saturated carbocycles. The number of ether oxygens (including phenoxy) is 3. The molecule has 122 valence electrons. The third-order valence-corrected chi connectivity index (χ3v) is 3.01. The molecular weight excluding hydrogens is 284 g/mol. The summed E-state index contributed by atoms with van der Waals surface area (Å²) in [6.45, 7) is 7.63. The topological polar surface area (TPSA) is 74.0 Å². The van der Waals surface area contributed by atoms with Crippen LogP contribution >= 0.6 is 0 Å². The smallest absolute Gasteiger partial charge is 0.410 e. The Hall–Kier alpha value is -1.95. The lowest BCUT2D eigenvalue weighted by Crippen LogP contribution is -2.57. The Balaban J connectivity index is 1.74. The van der Waals surface area contributed by atoms with Gasteiger partial charge in [-0.05, 0) is 45.0 Å². The van der Waals surface area contributed by atoms with Crippen molar-refractivity contribution in [2.75, 3.05) is 26.2 Å². The average molecular weight is 308 g/mol. The van der Waals surface area contributed by atoms with Gasteiger partial charge in [-0.3, -0.25) is 0 Å². The zero-order valence-electron chi connectivity index (χ0n) is 13.4. The molecule has 1 aliphatic rings. The van der Waals surface area contributed by atoms with Crippen LogP contribution in [0.4, 0.5) is 4.79 Å². The van der Waals surface area contributed by atoms with E-state index in [2.05, 4.69) is 0 Å². The average Bonchev–Trinajstić information content (AvgIpc) is 2.39. The van der Waals surface area contributed by atoms with Crippen molar-refractivity contribution in [3.63, 3.8) is 0 Å². The highest BCUT2D eigenvalue weighted by molar-refractivity contribution is 5.69. The van der Waals surface area contributed by atoms with Gasteiger partial charge >= 0.3 is 6.09 Å². The van der Waals surface area contributed by atoms with Crippen molar-refractivity contribution in [2.24, 2.45) is 5.73 Å². The van der Waals surface area contributed by atoms with E-state index < -0.39 is 5.60 Å². The molecule has 6 heteroatoms. The zero-order valence-corrected chi connectivity index (χ0v) is 13.4. The molecule has 0 unspecified atom stereocenters. The highest BCUT2D eigenvalue weighted by Crippen LogP contribution is 2.22. The Bertz CT molecular complexity index is 490. The minimum absolute atomic E-state index is 0.00308. The van der Waals surface area contributed by atoms with Crippen molar-refractivity contribution < 1.29 is 19.0 Å². The van der Waals surface area contributed by atoms with Gasteiger partial charge in [0.15, 0.2) is 0 Å². The lowest BCUT2D eigenvalue weighted by molar-refractivity contribution is -0.0221. The summed E-state index contributed by atoms with van der Waals surface area (Å²) in [6, 6.07) is 7.38. The summed E-state index contributed by atoms with van der Waals surface area (Å²) in [6.07, 6.45) is -0.291. The lowest BCUT2D eigenvalue weighted by atomic mass is 10.1. The van der Waals surface area contributed by atoms with E-state index in [9.17, 15) is 4.79 Å². The lowest BCUT2D eigenvalue weighted by Gasteiger charge is -2.39. The minimum atomic E-state index is -0.470. The summed E-state index contributed by atoms with van der Waals surface area (Å²) in [5, 5.41) is 0. The van der Waals surface area contributed by atoms with Gasteiger partial charge in [0.1, 0.15) is 29.8 Å². The van der Waals surface area contributed by atoms with Crippen LogP contribution in [-0.2, 0) is 4.74 Å². The highest BCUT2D eigenvalue weighted by atomic mass is 16.6. The van der Waals surface area contributed by atoms with Crippen LogP contribution in [0.25, 0.3) is 0 Å². The molecule has 2 N–H and O–H groups in total. The molecule has 1 aromatic rings. The second kappa shape index (κ2) is 6.87. The third-order valence-electron chi connectivity index (χ3n) is 3.01. The molecule has 1 aromatic carbocycles. The first-order chi connectivity index (χ1) is 10.4. The van der Waals surface area contributed by atoms with Gasteiger partial charge in [-0.2, -0.15) is 0 Å². The SMILES string of the molecule is CC(C)(C)OC(=O)N1CC(Oc2ccc(OCCN)cc2)C1. The van der Waals surface area contributed by atoms with Crippen LogP contribution in [0.3, 0.4) is 0 Å². The van der Waals surface area contributed by atoms with E-state index in [-0.39, 0.29) is 12.2 Å². The van der Waals surface area contributed by atoms with Gasteiger partial charge in [-0.25, -0.2) is 4.79 Å². The predicted octanol–water partition coefficient (Wildman–Crippen LogP) is 2.02. The van der Waals surface area contributed by atoms with Gasteiger partial charge in [0.05, 0.1) is 13.1 Å². The maximum atomic E-state index is 11.8. The Morgan fingerprint density at radius 3 is 2.36 bits per heavy atom. The largest absolute Gasteiger partial charge is 0.492 e. The molecule has 1 heterocycles. The molecular formula is C16H24N2O4. The van der Waals surface area contributed by atoms with Gasteiger partial charge < -0.3 is 24.8 Å². The van der Waals surface area contributed by atoms with Crippen molar-refractivity contribution >= 4 is 6.09 Å². The number of hydrogen-bond acceptors (Lipinski definition) is 5. The van der Waals surface area contributed by atoms with Crippen LogP contribution in [-0.4, -0.2) is 48.9 Å². The van der Waals surface area contributed by atoms with Gasteiger partial charge in [0.25, 0.3) is 0 Å². The Morgan fingerprint density at radius 2 is 1.82 bits per heavy atom. The van der Waals surface area contributed by atoms with E-state index in [0.29, 0.717) is 26.2 Å². The molecule has 1 fully saturated rings. The maximum Gasteiger partial charge on any atom is 0.410 e. The van der Waals surface area contributed by atoms with Crippen molar-refractivity contribution in [1.29, 1.82) is 0 Å². The minimum Gasteiger partial charge on any atom is -0.492 e. The molecule has 0 aliphatic carbocycles. The molecule has 22 heavy (non-hydrogen) atoms. The normalized spacial score (nSPS) is 15.2. The van der Waals surface area contributed by atoms with Crippen LogP contribution < -0.4 is 15.2 Å². The fourth-order valence-corrected chi connectivity index (χ4v) is 1.97. The Kier molecular flexibility index (Phi) is 5.13. The number of likely N-dealkylation sites (tertiary alicyclic amines) is 1. The first kappa shape index (κ1) is 16.4. The van der Waals surface area contributed by atoms with E-state index in [1.807, 2.05) is 45.0 Å². The molecule has 0 radical (unpaired) electrons. The first-order valence-electron chi connectivity index (χ1n) is 7.45. The molecule has 1 amide bonds. The predicted molar refractivity (Wildman–Crippen MR) is 83.2 cm³/mol. The van der Waals surface area contributed by atoms with Gasteiger partial charge in [0.2, 0.25) is 0 Å². The number of carbonyl (C=O) groups is 1. The van der Waals surface area contributed by atoms with Crippen LogP contribution in [0.15, 0.2) is 24.3 Å². The quantitative estimate of drug-likeness (QED) is 0.901. The molecule has 1 aliphatic heterocycles. The molecule has 6 nitrogen and oxygen atoms in total. The van der Waals surface area contributed by atoms with Gasteiger partial charge in [-0.1, -0.05) is 0 Å². The summed E-state index contributed by atoms with van der Waals surface area (Å²) in [5.74, 6) is 1.52. The number of amides is 1. The van der Waals surface area contributed by atoms with Gasteiger partial charge in [0, 0.05) is 6.54 Å². The molecule has 0 atom stereocenters. The van der Waals surface area contributed by atoms with E-state index in [4.69, 9.17) is 19.9 Å². The van der Waals surface area contributed by atoms with E-state index in [1.54, 1.807) is 4.90 Å². The fourth-order valence-electron chi connectivity index (χ4n) is 1.97. The monoisotopic (exact) mass is 308 g/mol. The zero-order chi connectivity index (χ0) is 16.2. The molecule has 0 aromatic heterocycles. The van der Waals surface area contributed by atoms with E-state index >= 15 is 0 Å². The van der Waals surface area contributed by atoms with Gasteiger partial charge in [-0.15, -0.1) is 0 Å². The summed E-state index contributed by atoms with van der Waals surface area (Å²) >= 11 is 0. The van der Waals surface area contributed by atoms with E-state index in [1.165, 1.54) is 0 Å². The molecule has 2 rings (SSSR count). The highest BCUT2D eigenvalue weighted by Gasteiger charge is 2.35. The fraction of sp³-hybridized carbons (Fsp3) is 0.562. The van der Waals surface area contributed by atoms with Crippen molar-refractivity contribution in [3.8, 4) is 11.5 Å². The summed E-state index contributed by atoms with van der Waals surface area (Å²) in [7, 11) is 0. The number of nitrogens with zero attached hydrogens (tertiary/aromatic N) is 1. The molecule has 0 spiro atoms. The number of hydrogen-bond donors (Lipinski definition) is 1. The second-order valence-electron chi connectivity index (χ2n) is 6.23. The summed E-state index contributed by atoms with van der Waals surface area (Å²) in [4.78, 5) is 13.4. The number of benzene rings is 1. The third kappa shape index (κ3) is 4.80. The Morgan fingerprint density at radius 1 is 1.23 bits per heavy atom.